The van der Waals surface area contributed by atoms with E-state index in [4.69, 9.17) is 18.9 Å². The number of aliphatic imine (C=N–C) groups is 1. The first-order valence-corrected chi connectivity index (χ1v) is 11.0. The summed E-state index contributed by atoms with van der Waals surface area (Å²) in [4.78, 5) is 9.77. The fourth-order valence-electron chi connectivity index (χ4n) is 3.62. The number of nitrogens with one attached hydrogen (secondary N) is 2. The maximum atomic E-state index is 5.46. The van der Waals surface area contributed by atoms with E-state index in [0.29, 0.717) is 6.04 Å². The van der Waals surface area contributed by atoms with Crippen LogP contribution in [0.25, 0.3) is 0 Å². The zero-order valence-corrected chi connectivity index (χ0v) is 17.8. The fourth-order valence-corrected chi connectivity index (χ4v) is 3.62. The molecule has 2 aliphatic rings. The van der Waals surface area contributed by atoms with E-state index in [1.165, 1.54) is 0 Å². The SMILES string of the molecule is CC(CN=C(NCCCN1CCOCC1)NCCc1ccco1)N1CCOCC1. The summed E-state index contributed by atoms with van der Waals surface area (Å²) < 4.78 is 16.3. The van der Waals surface area contributed by atoms with Crippen LogP contribution in [0.1, 0.15) is 19.1 Å². The molecule has 1 aromatic rings. The quantitative estimate of drug-likeness (QED) is 0.338. The van der Waals surface area contributed by atoms with E-state index in [-0.39, 0.29) is 0 Å². The Hall–Kier alpha value is -1.61. The van der Waals surface area contributed by atoms with Crippen molar-refractivity contribution in [2.24, 2.45) is 4.99 Å². The van der Waals surface area contributed by atoms with Crippen molar-refractivity contribution in [1.82, 2.24) is 20.4 Å². The Morgan fingerprint density at radius 3 is 2.52 bits per heavy atom. The summed E-state index contributed by atoms with van der Waals surface area (Å²) in [5, 5.41) is 6.96. The van der Waals surface area contributed by atoms with E-state index in [2.05, 4.69) is 27.4 Å². The second kappa shape index (κ2) is 12.8. The molecule has 2 aliphatic heterocycles. The predicted molar refractivity (Wildman–Crippen MR) is 114 cm³/mol. The van der Waals surface area contributed by atoms with Crippen molar-refractivity contribution in [2.45, 2.75) is 25.8 Å². The maximum Gasteiger partial charge on any atom is 0.191 e. The Morgan fingerprint density at radius 1 is 1.07 bits per heavy atom. The molecule has 0 aromatic carbocycles. The van der Waals surface area contributed by atoms with Crippen molar-refractivity contribution in [3.8, 4) is 0 Å². The van der Waals surface area contributed by atoms with Crippen LogP contribution in [0.4, 0.5) is 0 Å². The zero-order chi connectivity index (χ0) is 20.2. The number of nitrogens with zero attached hydrogens (tertiary/aromatic N) is 3. The number of rotatable bonds is 10. The number of furan rings is 1. The minimum atomic E-state index is 0.413. The average molecular weight is 408 g/mol. The normalized spacial score (nSPS) is 20.5. The molecule has 164 valence electrons. The molecular weight excluding hydrogens is 370 g/mol. The van der Waals surface area contributed by atoms with Gasteiger partial charge in [0.25, 0.3) is 0 Å². The first-order chi connectivity index (χ1) is 14.3. The summed E-state index contributed by atoms with van der Waals surface area (Å²) in [6.07, 6.45) is 3.66. The molecule has 2 fully saturated rings. The molecule has 3 rings (SSSR count). The number of hydrogen-bond acceptors (Lipinski definition) is 6. The number of hydrogen-bond donors (Lipinski definition) is 2. The van der Waals surface area contributed by atoms with Gasteiger partial charge in [-0.3, -0.25) is 14.8 Å². The second-order valence-electron chi connectivity index (χ2n) is 7.68. The lowest BCUT2D eigenvalue weighted by Crippen LogP contribution is -2.45. The summed E-state index contributed by atoms with van der Waals surface area (Å²) in [5.41, 5.74) is 0. The molecule has 0 spiro atoms. The van der Waals surface area contributed by atoms with Crippen LogP contribution < -0.4 is 10.6 Å². The third-order valence-electron chi connectivity index (χ3n) is 5.47. The van der Waals surface area contributed by atoms with E-state index in [1.807, 2.05) is 12.1 Å². The third kappa shape index (κ3) is 8.34. The monoisotopic (exact) mass is 407 g/mol. The molecule has 2 N–H and O–H groups in total. The van der Waals surface area contributed by atoms with Crippen molar-refractivity contribution in [3.05, 3.63) is 24.2 Å². The Morgan fingerprint density at radius 2 is 1.79 bits per heavy atom. The minimum absolute atomic E-state index is 0.413. The van der Waals surface area contributed by atoms with Crippen molar-refractivity contribution in [3.63, 3.8) is 0 Å². The van der Waals surface area contributed by atoms with E-state index < -0.39 is 0 Å². The largest absolute Gasteiger partial charge is 0.469 e. The van der Waals surface area contributed by atoms with E-state index >= 15 is 0 Å². The van der Waals surface area contributed by atoms with Gasteiger partial charge in [-0.05, 0) is 32.0 Å². The Bertz CT molecular complexity index is 569. The van der Waals surface area contributed by atoms with E-state index in [0.717, 1.165) is 103 Å². The summed E-state index contributed by atoms with van der Waals surface area (Å²) >= 11 is 0. The van der Waals surface area contributed by atoms with Gasteiger partial charge in [0.2, 0.25) is 0 Å². The molecule has 8 nitrogen and oxygen atoms in total. The van der Waals surface area contributed by atoms with Gasteiger partial charge >= 0.3 is 0 Å². The minimum Gasteiger partial charge on any atom is -0.469 e. The van der Waals surface area contributed by atoms with Gasteiger partial charge in [0.15, 0.2) is 5.96 Å². The van der Waals surface area contributed by atoms with Crippen LogP contribution in [0.3, 0.4) is 0 Å². The van der Waals surface area contributed by atoms with Gasteiger partial charge in [-0.1, -0.05) is 0 Å². The first-order valence-electron chi connectivity index (χ1n) is 11.0. The molecule has 3 heterocycles. The van der Waals surface area contributed by atoms with Crippen molar-refractivity contribution >= 4 is 5.96 Å². The number of morpholine rings is 2. The molecule has 0 bridgehead atoms. The fraction of sp³-hybridized carbons (Fsp3) is 0.762. The zero-order valence-electron chi connectivity index (χ0n) is 17.8. The molecule has 0 amide bonds. The van der Waals surface area contributed by atoms with Gasteiger partial charge in [-0.15, -0.1) is 0 Å². The lowest BCUT2D eigenvalue weighted by atomic mass is 10.2. The highest BCUT2D eigenvalue weighted by Gasteiger charge is 2.16. The summed E-state index contributed by atoms with van der Waals surface area (Å²) in [5.74, 6) is 1.88. The first kappa shape index (κ1) is 22.1. The Balaban J connectivity index is 1.42. The number of guanidine groups is 1. The maximum absolute atomic E-state index is 5.46. The van der Waals surface area contributed by atoms with Crippen molar-refractivity contribution in [1.29, 1.82) is 0 Å². The summed E-state index contributed by atoms with van der Waals surface area (Å²) in [6.45, 7) is 13.2. The molecular formula is C21H37N5O3. The predicted octanol–water partition coefficient (Wildman–Crippen LogP) is 0.800. The van der Waals surface area contributed by atoms with Gasteiger partial charge in [0, 0.05) is 51.7 Å². The topological polar surface area (TPSA) is 74.5 Å². The lowest BCUT2D eigenvalue weighted by molar-refractivity contribution is 0.0220. The highest BCUT2D eigenvalue weighted by Crippen LogP contribution is 2.04. The summed E-state index contributed by atoms with van der Waals surface area (Å²) in [7, 11) is 0. The Labute approximate surface area is 174 Å². The van der Waals surface area contributed by atoms with Gasteiger partial charge < -0.3 is 24.5 Å². The molecule has 1 aromatic heterocycles. The molecule has 1 atom stereocenters. The van der Waals surface area contributed by atoms with Crippen LogP contribution in [-0.2, 0) is 15.9 Å². The summed E-state index contributed by atoms with van der Waals surface area (Å²) in [6, 6.07) is 4.35. The van der Waals surface area contributed by atoms with Crippen molar-refractivity contribution < 1.29 is 13.9 Å². The molecule has 0 radical (unpaired) electrons. The van der Waals surface area contributed by atoms with Crippen LogP contribution in [-0.4, -0.2) is 101 Å². The highest BCUT2D eigenvalue weighted by atomic mass is 16.5. The van der Waals surface area contributed by atoms with Crippen LogP contribution >= 0.6 is 0 Å². The number of ether oxygens (including phenoxy) is 2. The average Bonchev–Trinajstić information content (AvgIpc) is 3.29. The third-order valence-corrected chi connectivity index (χ3v) is 5.47. The standard InChI is InChI=1S/C21H37N5O3/c1-19(26-11-16-28-17-12-26)18-24-21(23-7-5-20-4-2-13-29-20)22-6-3-8-25-9-14-27-15-10-25/h2,4,13,19H,3,5-12,14-18H2,1H3,(H2,22,23,24). The van der Waals surface area contributed by atoms with Crippen LogP contribution in [0.5, 0.6) is 0 Å². The molecule has 0 saturated carbocycles. The van der Waals surface area contributed by atoms with E-state index in [9.17, 15) is 0 Å². The van der Waals surface area contributed by atoms with Gasteiger partial charge in [0.1, 0.15) is 5.76 Å². The second-order valence-corrected chi connectivity index (χ2v) is 7.68. The smallest absolute Gasteiger partial charge is 0.191 e. The molecule has 29 heavy (non-hydrogen) atoms. The molecule has 8 heteroatoms. The van der Waals surface area contributed by atoms with Gasteiger partial charge in [-0.2, -0.15) is 0 Å². The van der Waals surface area contributed by atoms with Gasteiger partial charge in [-0.25, -0.2) is 0 Å². The molecule has 1 unspecified atom stereocenters. The van der Waals surface area contributed by atoms with Crippen LogP contribution in [0.15, 0.2) is 27.8 Å². The lowest BCUT2D eigenvalue weighted by Gasteiger charge is -2.31. The van der Waals surface area contributed by atoms with Gasteiger partial charge in [0.05, 0.1) is 39.2 Å². The molecule has 2 saturated heterocycles. The highest BCUT2D eigenvalue weighted by molar-refractivity contribution is 5.79. The Kier molecular flexibility index (Phi) is 9.78. The van der Waals surface area contributed by atoms with Crippen LogP contribution in [0, 0.1) is 0 Å². The molecule has 0 aliphatic carbocycles. The van der Waals surface area contributed by atoms with E-state index in [1.54, 1.807) is 6.26 Å². The van der Waals surface area contributed by atoms with Crippen molar-refractivity contribution in [2.75, 3.05) is 78.8 Å². The van der Waals surface area contributed by atoms with Crippen LogP contribution in [0.2, 0.25) is 0 Å².